The van der Waals surface area contributed by atoms with Gasteiger partial charge in [-0.1, -0.05) is 0 Å². The molecule has 0 N–H and O–H groups in total. The predicted molar refractivity (Wildman–Crippen MR) is 71.4 cm³/mol. The number of hydrogen-bond acceptors (Lipinski definition) is 0. The molecule has 0 aromatic carbocycles. The number of hydrogen-bond donors (Lipinski definition) is 0. The monoisotopic (exact) mass is 228 g/mol. The van der Waals surface area contributed by atoms with Crippen molar-refractivity contribution in [3.8, 4) is 0 Å². The van der Waals surface area contributed by atoms with Crippen molar-refractivity contribution in [2.45, 2.75) is 38.5 Å². The molecule has 1 fully saturated rings. The van der Waals surface area contributed by atoms with Gasteiger partial charge in [0.1, 0.15) is 0 Å². The van der Waals surface area contributed by atoms with E-state index in [1.807, 2.05) is 0 Å². The first-order valence-corrected chi connectivity index (χ1v) is 7.05. The number of quaternary nitrogens is 2. The molecule has 2 nitrogen and oxygen atoms in total. The van der Waals surface area contributed by atoms with Crippen molar-refractivity contribution in [2.24, 2.45) is 0 Å². The summed E-state index contributed by atoms with van der Waals surface area (Å²) in [6.45, 7) is 5.47. The lowest BCUT2D eigenvalue weighted by Gasteiger charge is -2.33. The average molecular weight is 228 g/mol. The van der Waals surface area contributed by atoms with Gasteiger partial charge in [0.25, 0.3) is 0 Å². The zero-order chi connectivity index (χ0) is 12.1. The van der Waals surface area contributed by atoms with Crippen LogP contribution in [0, 0.1) is 0 Å². The number of rotatable bonds is 0. The second-order valence-electron chi connectivity index (χ2n) is 6.89. The van der Waals surface area contributed by atoms with Crippen molar-refractivity contribution >= 4 is 0 Å². The first-order valence-electron chi connectivity index (χ1n) is 7.05. The molecule has 1 aliphatic heterocycles. The van der Waals surface area contributed by atoms with Gasteiger partial charge in [-0.25, -0.2) is 0 Å². The van der Waals surface area contributed by atoms with E-state index < -0.39 is 0 Å². The summed E-state index contributed by atoms with van der Waals surface area (Å²) >= 11 is 0. The van der Waals surface area contributed by atoms with Gasteiger partial charge in [0.05, 0.1) is 54.4 Å². The van der Waals surface area contributed by atoms with Crippen LogP contribution in [-0.2, 0) is 0 Å². The molecule has 1 aliphatic rings. The molecule has 0 unspecified atom stereocenters. The van der Waals surface area contributed by atoms with Crippen LogP contribution in [0.3, 0.4) is 0 Å². The highest BCUT2D eigenvalue weighted by Crippen LogP contribution is 2.12. The second-order valence-corrected chi connectivity index (χ2v) is 6.89. The molecule has 0 amide bonds. The first kappa shape index (κ1) is 14.0. The van der Waals surface area contributed by atoms with E-state index >= 15 is 0 Å². The molecule has 0 aromatic rings. The Kier molecular flexibility index (Phi) is 5.26. The first-order chi connectivity index (χ1) is 7.41. The summed E-state index contributed by atoms with van der Waals surface area (Å²) in [5.74, 6) is 0. The van der Waals surface area contributed by atoms with Gasteiger partial charge >= 0.3 is 0 Å². The lowest BCUT2D eigenvalue weighted by molar-refractivity contribution is -0.897. The highest BCUT2D eigenvalue weighted by atomic mass is 15.3. The van der Waals surface area contributed by atoms with Crippen molar-refractivity contribution in [1.82, 2.24) is 0 Å². The molecule has 0 aliphatic carbocycles. The maximum Gasteiger partial charge on any atom is 0.0784 e. The molecule has 1 heterocycles. The van der Waals surface area contributed by atoms with Crippen LogP contribution < -0.4 is 0 Å². The Morgan fingerprint density at radius 3 is 1.00 bits per heavy atom. The van der Waals surface area contributed by atoms with Crippen LogP contribution in [0.25, 0.3) is 0 Å². The average Bonchev–Trinajstić information content (AvgIpc) is 2.17. The molecule has 0 bridgehead atoms. The van der Waals surface area contributed by atoms with E-state index in [2.05, 4.69) is 28.2 Å². The van der Waals surface area contributed by atoms with Crippen LogP contribution >= 0.6 is 0 Å². The molecule has 1 rings (SSSR count). The summed E-state index contributed by atoms with van der Waals surface area (Å²) in [7, 11) is 9.58. The smallest absolute Gasteiger partial charge is 0.0784 e. The maximum absolute atomic E-state index is 2.39. The third kappa shape index (κ3) is 5.86. The molecule has 0 atom stereocenters. The van der Waals surface area contributed by atoms with Crippen molar-refractivity contribution in [1.29, 1.82) is 0 Å². The predicted octanol–water partition coefficient (Wildman–Crippen LogP) is 2.49. The fourth-order valence-corrected chi connectivity index (χ4v) is 2.74. The summed E-state index contributed by atoms with van der Waals surface area (Å²) in [5.41, 5.74) is 0. The van der Waals surface area contributed by atoms with Crippen LogP contribution in [0.4, 0.5) is 0 Å². The summed E-state index contributed by atoms with van der Waals surface area (Å²) in [5, 5.41) is 0. The minimum atomic E-state index is 1.23. The van der Waals surface area contributed by atoms with Gasteiger partial charge in [-0.15, -0.1) is 0 Å². The van der Waals surface area contributed by atoms with E-state index in [4.69, 9.17) is 0 Å². The van der Waals surface area contributed by atoms with E-state index in [0.717, 1.165) is 0 Å². The highest BCUT2D eigenvalue weighted by molar-refractivity contribution is 4.48. The third-order valence-corrected chi connectivity index (χ3v) is 4.05. The fraction of sp³-hybridized carbons (Fsp3) is 1.00. The molecule has 2 heteroatoms. The van der Waals surface area contributed by atoms with Crippen LogP contribution in [0.2, 0.25) is 0 Å². The van der Waals surface area contributed by atoms with Gasteiger partial charge < -0.3 is 8.97 Å². The van der Waals surface area contributed by atoms with Crippen molar-refractivity contribution < 1.29 is 8.97 Å². The van der Waals surface area contributed by atoms with Gasteiger partial charge in [-0.2, -0.15) is 0 Å². The topological polar surface area (TPSA) is 0 Å². The molecular weight excluding hydrogens is 196 g/mol. The normalized spacial score (nSPS) is 27.8. The SMILES string of the molecule is C[N+]1(C)CCCCCC[N+](C)(C)CCCC1. The van der Waals surface area contributed by atoms with Crippen LogP contribution in [0.5, 0.6) is 0 Å². The Hall–Kier alpha value is -0.0800. The fourth-order valence-electron chi connectivity index (χ4n) is 2.74. The molecule has 0 spiro atoms. The lowest BCUT2D eigenvalue weighted by atomic mass is 10.1. The molecule has 0 radical (unpaired) electrons. The van der Waals surface area contributed by atoms with E-state index in [1.165, 1.54) is 73.7 Å². The van der Waals surface area contributed by atoms with E-state index in [0.29, 0.717) is 0 Å². The summed E-state index contributed by atoms with van der Waals surface area (Å²) in [6.07, 6.45) is 8.49. The summed E-state index contributed by atoms with van der Waals surface area (Å²) < 4.78 is 2.46. The minimum Gasteiger partial charge on any atom is -0.328 e. The van der Waals surface area contributed by atoms with Gasteiger partial charge in [0.2, 0.25) is 0 Å². The van der Waals surface area contributed by atoms with Crippen molar-refractivity contribution in [3.63, 3.8) is 0 Å². The Bertz CT molecular complexity index is 175. The third-order valence-electron chi connectivity index (χ3n) is 4.05. The zero-order valence-corrected chi connectivity index (χ0v) is 12.0. The molecule has 96 valence electrons. The summed E-state index contributed by atoms with van der Waals surface area (Å²) in [6, 6.07) is 0. The summed E-state index contributed by atoms with van der Waals surface area (Å²) in [4.78, 5) is 0. The maximum atomic E-state index is 2.39. The molecule has 0 saturated carbocycles. The second kappa shape index (κ2) is 6.02. The van der Waals surface area contributed by atoms with E-state index in [9.17, 15) is 0 Å². The standard InChI is InChI=1S/C14H32N2/c1-15(2)11-7-5-6-8-12-16(3,4)14-10-9-13-15/h5-14H2,1-4H3/q+2. The minimum absolute atomic E-state index is 1.23. The van der Waals surface area contributed by atoms with Gasteiger partial charge in [-0.3, -0.25) is 0 Å². The molecule has 0 aromatic heterocycles. The Morgan fingerprint density at radius 2 is 0.688 bits per heavy atom. The molecule has 1 saturated heterocycles. The Labute approximate surface area is 102 Å². The van der Waals surface area contributed by atoms with Gasteiger partial charge in [0, 0.05) is 12.8 Å². The van der Waals surface area contributed by atoms with E-state index in [-0.39, 0.29) is 0 Å². The van der Waals surface area contributed by atoms with Crippen LogP contribution in [0.15, 0.2) is 0 Å². The van der Waals surface area contributed by atoms with Crippen molar-refractivity contribution in [2.75, 3.05) is 54.4 Å². The van der Waals surface area contributed by atoms with E-state index in [1.54, 1.807) is 0 Å². The molecular formula is C14H32N2+2. The lowest BCUT2D eigenvalue weighted by Crippen LogP contribution is -2.44. The zero-order valence-electron chi connectivity index (χ0n) is 12.0. The Balaban J connectivity index is 2.41. The highest BCUT2D eigenvalue weighted by Gasteiger charge is 2.18. The van der Waals surface area contributed by atoms with Crippen LogP contribution in [-0.4, -0.2) is 63.3 Å². The van der Waals surface area contributed by atoms with Gasteiger partial charge in [-0.05, 0) is 25.7 Å². The van der Waals surface area contributed by atoms with Crippen molar-refractivity contribution in [3.05, 3.63) is 0 Å². The Morgan fingerprint density at radius 1 is 0.438 bits per heavy atom. The van der Waals surface area contributed by atoms with Crippen LogP contribution in [0.1, 0.15) is 38.5 Å². The largest absolute Gasteiger partial charge is 0.328 e. The number of nitrogens with zero attached hydrogens (tertiary/aromatic N) is 2. The van der Waals surface area contributed by atoms with Gasteiger partial charge in [0.15, 0.2) is 0 Å². The molecule has 16 heavy (non-hydrogen) atoms. The quantitative estimate of drug-likeness (QED) is 0.559.